The van der Waals surface area contributed by atoms with Gasteiger partial charge in [-0.1, -0.05) is 45.9 Å². The predicted octanol–water partition coefficient (Wildman–Crippen LogP) is 4.25. The lowest BCUT2D eigenvalue weighted by Gasteiger charge is -2.15. The molecule has 2 aromatic rings. The summed E-state index contributed by atoms with van der Waals surface area (Å²) >= 11 is 0. The fourth-order valence-corrected chi connectivity index (χ4v) is 2.02. The molecule has 0 spiro atoms. The van der Waals surface area contributed by atoms with E-state index in [0.717, 1.165) is 16.9 Å². The largest absolute Gasteiger partial charge is 0.496 e. The van der Waals surface area contributed by atoms with Crippen LogP contribution in [-0.2, 0) is 7.05 Å². The Labute approximate surface area is 116 Å². The molecular weight excluding hydrogens is 236 g/mol. The minimum Gasteiger partial charge on any atom is -0.496 e. The van der Waals surface area contributed by atoms with Crippen LogP contribution < -0.4 is 4.74 Å². The van der Waals surface area contributed by atoms with Crippen LogP contribution in [0.1, 0.15) is 39.2 Å². The molecule has 0 atom stereocenters. The standard InChI is InChI=1S/C14H18N2O.C2H6/c1-10(2)12-6-5-7-13(14(12)17-4)11-8-15-16(3)9-11;1-2/h5-10H,1-4H3;1-2H3. The number of nitrogens with zero attached hydrogens (tertiary/aromatic N) is 2. The van der Waals surface area contributed by atoms with Gasteiger partial charge in [0.05, 0.1) is 13.3 Å². The summed E-state index contributed by atoms with van der Waals surface area (Å²) in [4.78, 5) is 0. The number of hydrogen-bond donors (Lipinski definition) is 0. The molecular formula is C16H24N2O. The Kier molecular flexibility index (Phi) is 5.61. The van der Waals surface area contributed by atoms with Crippen molar-refractivity contribution in [3.05, 3.63) is 36.2 Å². The van der Waals surface area contributed by atoms with Crippen molar-refractivity contribution in [3.63, 3.8) is 0 Å². The molecule has 0 saturated heterocycles. The summed E-state index contributed by atoms with van der Waals surface area (Å²) in [5, 5.41) is 4.20. The molecule has 0 amide bonds. The average molecular weight is 260 g/mol. The smallest absolute Gasteiger partial charge is 0.130 e. The Morgan fingerprint density at radius 2 is 1.89 bits per heavy atom. The van der Waals surface area contributed by atoms with E-state index in [1.807, 2.05) is 33.3 Å². The first-order chi connectivity index (χ1) is 9.13. The molecule has 1 heterocycles. The van der Waals surface area contributed by atoms with E-state index in [2.05, 4.69) is 37.1 Å². The molecule has 0 fully saturated rings. The van der Waals surface area contributed by atoms with Gasteiger partial charge in [-0.2, -0.15) is 5.10 Å². The molecule has 0 unspecified atom stereocenters. The Balaban J connectivity index is 0.000000861. The summed E-state index contributed by atoms with van der Waals surface area (Å²) in [6.07, 6.45) is 3.86. The van der Waals surface area contributed by atoms with E-state index in [1.54, 1.807) is 11.8 Å². The van der Waals surface area contributed by atoms with Crippen LogP contribution in [0.25, 0.3) is 11.1 Å². The first-order valence-electron chi connectivity index (χ1n) is 6.79. The minimum atomic E-state index is 0.446. The molecule has 19 heavy (non-hydrogen) atoms. The molecule has 104 valence electrons. The molecule has 1 aromatic heterocycles. The fourth-order valence-electron chi connectivity index (χ4n) is 2.02. The van der Waals surface area contributed by atoms with Gasteiger partial charge in [0.2, 0.25) is 0 Å². The highest BCUT2D eigenvalue weighted by Crippen LogP contribution is 2.36. The third-order valence-corrected chi connectivity index (χ3v) is 2.89. The van der Waals surface area contributed by atoms with E-state index >= 15 is 0 Å². The van der Waals surface area contributed by atoms with Crippen LogP contribution in [0.15, 0.2) is 30.6 Å². The lowest BCUT2D eigenvalue weighted by molar-refractivity contribution is 0.409. The number of aryl methyl sites for hydroxylation is 1. The number of aromatic nitrogens is 2. The fraction of sp³-hybridized carbons (Fsp3) is 0.438. The summed E-state index contributed by atoms with van der Waals surface area (Å²) in [6.45, 7) is 8.34. The average Bonchev–Trinajstić information content (AvgIpc) is 2.86. The van der Waals surface area contributed by atoms with Gasteiger partial charge >= 0.3 is 0 Å². The van der Waals surface area contributed by atoms with Crippen molar-refractivity contribution >= 4 is 0 Å². The van der Waals surface area contributed by atoms with E-state index in [0.29, 0.717) is 5.92 Å². The number of rotatable bonds is 3. The molecule has 0 N–H and O–H groups in total. The zero-order chi connectivity index (χ0) is 14.4. The van der Waals surface area contributed by atoms with Crippen molar-refractivity contribution in [3.8, 4) is 16.9 Å². The number of hydrogen-bond acceptors (Lipinski definition) is 2. The minimum absolute atomic E-state index is 0.446. The van der Waals surface area contributed by atoms with Gasteiger partial charge in [0.1, 0.15) is 5.75 Å². The zero-order valence-electron chi connectivity index (χ0n) is 12.8. The molecule has 2 rings (SSSR count). The van der Waals surface area contributed by atoms with Gasteiger partial charge in [-0.15, -0.1) is 0 Å². The Morgan fingerprint density at radius 1 is 1.21 bits per heavy atom. The van der Waals surface area contributed by atoms with E-state index in [9.17, 15) is 0 Å². The summed E-state index contributed by atoms with van der Waals surface area (Å²) in [5.41, 5.74) is 3.42. The zero-order valence-corrected chi connectivity index (χ0v) is 12.8. The first-order valence-corrected chi connectivity index (χ1v) is 6.79. The van der Waals surface area contributed by atoms with Gasteiger partial charge in [-0.25, -0.2) is 0 Å². The van der Waals surface area contributed by atoms with Crippen LogP contribution in [0.3, 0.4) is 0 Å². The SMILES string of the molecule is CC.COc1c(-c2cnn(C)c2)cccc1C(C)C. The molecule has 0 aliphatic rings. The molecule has 0 aliphatic heterocycles. The van der Waals surface area contributed by atoms with Crippen molar-refractivity contribution in [1.82, 2.24) is 9.78 Å². The number of para-hydroxylation sites is 1. The summed E-state index contributed by atoms with van der Waals surface area (Å²) < 4.78 is 7.37. The van der Waals surface area contributed by atoms with Crippen molar-refractivity contribution in [2.75, 3.05) is 7.11 Å². The van der Waals surface area contributed by atoms with E-state index < -0.39 is 0 Å². The van der Waals surface area contributed by atoms with Crippen LogP contribution >= 0.6 is 0 Å². The third-order valence-electron chi connectivity index (χ3n) is 2.89. The topological polar surface area (TPSA) is 27.1 Å². The molecule has 0 bridgehead atoms. The van der Waals surface area contributed by atoms with Gasteiger partial charge in [0.25, 0.3) is 0 Å². The van der Waals surface area contributed by atoms with Crippen molar-refractivity contribution in [1.29, 1.82) is 0 Å². The molecule has 0 radical (unpaired) electrons. The monoisotopic (exact) mass is 260 g/mol. The highest BCUT2D eigenvalue weighted by Gasteiger charge is 2.13. The molecule has 0 aliphatic carbocycles. The lowest BCUT2D eigenvalue weighted by Crippen LogP contribution is -1.96. The van der Waals surface area contributed by atoms with Crippen LogP contribution in [0, 0.1) is 0 Å². The number of ether oxygens (including phenoxy) is 1. The van der Waals surface area contributed by atoms with Gasteiger partial charge < -0.3 is 4.74 Å². The van der Waals surface area contributed by atoms with Crippen LogP contribution in [0.2, 0.25) is 0 Å². The normalized spacial score (nSPS) is 10.1. The van der Waals surface area contributed by atoms with Gasteiger partial charge in [-0.3, -0.25) is 4.68 Å². The third kappa shape index (κ3) is 3.37. The first kappa shape index (κ1) is 15.3. The quantitative estimate of drug-likeness (QED) is 0.825. The van der Waals surface area contributed by atoms with Crippen molar-refractivity contribution in [2.45, 2.75) is 33.6 Å². The molecule has 0 saturated carbocycles. The number of benzene rings is 1. The molecule has 1 aromatic carbocycles. The highest BCUT2D eigenvalue weighted by molar-refractivity contribution is 5.71. The Morgan fingerprint density at radius 3 is 2.37 bits per heavy atom. The maximum atomic E-state index is 5.56. The van der Waals surface area contributed by atoms with Crippen LogP contribution in [-0.4, -0.2) is 16.9 Å². The van der Waals surface area contributed by atoms with E-state index in [4.69, 9.17) is 4.74 Å². The van der Waals surface area contributed by atoms with E-state index in [-0.39, 0.29) is 0 Å². The second kappa shape index (κ2) is 6.98. The highest BCUT2D eigenvalue weighted by atomic mass is 16.5. The lowest BCUT2D eigenvalue weighted by atomic mass is 9.97. The van der Waals surface area contributed by atoms with Gasteiger partial charge in [0, 0.05) is 24.4 Å². The van der Waals surface area contributed by atoms with Crippen molar-refractivity contribution < 1.29 is 4.74 Å². The van der Waals surface area contributed by atoms with Crippen LogP contribution in [0.4, 0.5) is 0 Å². The predicted molar refractivity (Wildman–Crippen MR) is 80.6 cm³/mol. The summed E-state index contributed by atoms with van der Waals surface area (Å²) in [5.74, 6) is 1.40. The second-order valence-corrected chi connectivity index (χ2v) is 4.49. The van der Waals surface area contributed by atoms with Crippen LogP contribution in [0.5, 0.6) is 5.75 Å². The molecule has 3 heteroatoms. The second-order valence-electron chi connectivity index (χ2n) is 4.49. The summed E-state index contributed by atoms with van der Waals surface area (Å²) in [7, 11) is 3.64. The van der Waals surface area contributed by atoms with Gasteiger partial charge in [-0.05, 0) is 11.5 Å². The Hall–Kier alpha value is -1.77. The molecule has 3 nitrogen and oxygen atoms in total. The van der Waals surface area contributed by atoms with Crippen molar-refractivity contribution in [2.24, 2.45) is 7.05 Å². The maximum absolute atomic E-state index is 5.56. The van der Waals surface area contributed by atoms with E-state index in [1.165, 1.54) is 5.56 Å². The summed E-state index contributed by atoms with van der Waals surface area (Å²) in [6, 6.07) is 6.26. The van der Waals surface area contributed by atoms with Gasteiger partial charge in [0.15, 0.2) is 0 Å². The maximum Gasteiger partial charge on any atom is 0.130 e. The number of methoxy groups -OCH3 is 1. The Bertz CT molecular complexity index is 515.